The summed E-state index contributed by atoms with van der Waals surface area (Å²) in [5.41, 5.74) is 0.678. The maximum Gasteiger partial charge on any atom is 0.301 e. The lowest BCUT2D eigenvalue weighted by atomic mass is 9.95. The summed E-state index contributed by atoms with van der Waals surface area (Å²) in [6.07, 6.45) is 0.817. The first-order chi connectivity index (χ1) is 15.4. The molecule has 1 atom stereocenters. The van der Waals surface area contributed by atoms with Gasteiger partial charge in [0.25, 0.3) is 5.78 Å². The number of halogens is 1. The minimum Gasteiger partial charge on any atom is -0.507 e. The van der Waals surface area contributed by atoms with Gasteiger partial charge in [0.1, 0.15) is 22.3 Å². The van der Waals surface area contributed by atoms with Crippen LogP contribution in [0, 0.1) is 12.7 Å². The monoisotopic (exact) mass is 453 g/mol. The molecule has 0 saturated carbocycles. The molecule has 1 unspecified atom stereocenters. The van der Waals surface area contributed by atoms with Crippen LogP contribution < -0.4 is 9.64 Å². The predicted molar refractivity (Wildman–Crippen MR) is 118 cm³/mol. The molecule has 1 aromatic heterocycles. The summed E-state index contributed by atoms with van der Waals surface area (Å²) in [5.74, 6) is -1.98. The first-order valence-corrected chi connectivity index (χ1v) is 10.8. The molecule has 164 valence electrons. The molecule has 1 fully saturated rings. The Morgan fingerprint density at radius 2 is 1.94 bits per heavy atom. The van der Waals surface area contributed by atoms with Crippen molar-refractivity contribution in [3.05, 3.63) is 76.1 Å². The molecule has 4 rings (SSSR count). The van der Waals surface area contributed by atoms with Gasteiger partial charge >= 0.3 is 5.91 Å². The smallest absolute Gasteiger partial charge is 0.301 e. The number of hydrogen-bond acceptors (Lipinski definition) is 7. The zero-order chi connectivity index (χ0) is 22.8. The van der Waals surface area contributed by atoms with Gasteiger partial charge in [0.05, 0.1) is 18.2 Å². The van der Waals surface area contributed by atoms with Crippen molar-refractivity contribution in [1.82, 2.24) is 10.2 Å². The third-order valence-electron chi connectivity index (χ3n) is 4.93. The van der Waals surface area contributed by atoms with Crippen LogP contribution in [0.2, 0.25) is 0 Å². The van der Waals surface area contributed by atoms with Crippen LogP contribution in [-0.2, 0) is 9.59 Å². The zero-order valence-corrected chi connectivity index (χ0v) is 18.2. The Bertz CT molecular complexity index is 1210. The number of aliphatic hydroxyl groups excluding tert-OH is 1. The van der Waals surface area contributed by atoms with Crippen molar-refractivity contribution in [1.29, 1.82) is 0 Å². The summed E-state index contributed by atoms with van der Waals surface area (Å²) in [4.78, 5) is 27.3. The number of carbonyl (C=O) groups is 2. The van der Waals surface area contributed by atoms with Crippen LogP contribution in [0.15, 0.2) is 54.1 Å². The molecule has 2 heterocycles. The van der Waals surface area contributed by atoms with Gasteiger partial charge in [-0.25, -0.2) is 4.39 Å². The number of amides is 1. The van der Waals surface area contributed by atoms with Gasteiger partial charge in [-0.2, -0.15) is 0 Å². The molecule has 9 heteroatoms. The average Bonchev–Trinajstić information content (AvgIpc) is 3.33. The molecule has 1 amide bonds. The number of ketones is 1. The molecular weight excluding hydrogens is 433 g/mol. The van der Waals surface area contributed by atoms with Crippen molar-refractivity contribution in [3.63, 3.8) is 0 Å². The molecule has 7 nitrogen and oxygen atoms in total. The maximum atomic E-state index is 13.4. The molecule has 0 spiro atoms. The minimum atomic E-state index is -0.947. The second-order valence-electron chi connectivity index (χ2n) is 7.20. The number of anilines is 1. The summed E-state index contributed by atoms with van der Waals surface area (Å²) in [6, 6.07) is 11.1. The first kappa shape index (κ1) is 21.6. The third kappa shape index (κ3) is 3.99. The predicted octanol–water partition coefficient (Wildman–Crippen LogP) is 4.40. The second-order valence-corrected chi connectivity index (χ2v) is 8.36. The van der Waals surface area contributed by atoms with Gasteiger partial charge in [0.15, 0.2) is 0 Å². The molecule has 3 aromatic rings. The Morgan fingerprint density at radius 3 is 2.59 bits per heavy atom. The van der Waals surface area contributed by atoms with Gasteiger partial charge in [-0.1, -0.05) is 30.4 Å². The number of benzene rings is 2. The average molecular weight is 453 g/mol. The van der Waals surface area contributed by atoms with Gasteiger partial charge in [-0.3, -0.25) is 14.5 Å². The largest absolute Gasteiger partial charge is 0.507 e. The molecule has 2 aromatic carbocycles. The van der Waals surface area contributed by atoms with Crippen molar-refractivity contribution >= 4 is 33.9 Å². The normalized spacial score (nSPS) is 17.7. The quantitative estimate of drug-likeness (QED) is 0.338. The zero-order valence-electron chi connectivity index (χ0n) is 17.4. The lowest BCUT2D eigenvalue weighted by Gasteiger charge is -2.23. The highest BCUT2D eigenvalue weighted by Crippen LogP contribution is 2.43. The van der Waals surface area contributed by atoms with Crippen LogP contribution in [0.3, 0.4) is 0 Å². The lowest BCUT2D eigenvalue weighted by Crippen LogP contribution is -2.29. The number of ether oxygens (including phenoxy) is 1. The number of Topliss-reactive ketones (excluding diaryl/α,β-unsaturated/α-hetero) is 1. The number of nitrogens with zero attached hydrogens (tertiary/aromatic N) is 3. The van der Waals surface area contributed by atoms with Crippen molar-refractivity contribution in [3.8, 4) is 5.75 Å². The third-order valence-corrected chi connectivity index (χ3v) is 5.77. The number of aliphatic hydroxyl groups is 1. The van der Waals surface area contributed by atoms with E-state index in [9.17, 15) is 19.1 Å². The van der Waals surface area contributed by atoms with Crippen LogP contribution in [0.5, 0.6) is 5.75 Å². The topological polar surface area (TPSA) is 92.6 Å². The van der Waals surface area contributed by atoms with Crippen LogP contribution in [0.1, 0.15) is 35.5 Å². The summed E-state index contributed by atoms with van der Waals surface area (Å²) in [7, 11) is 0. The van der Waals surface area contributed by atoms with Crippen LogP contribution >= 0.6 is 11.3 Å². The number of carbonyl (C=O) groups excluding carboxylic acids is 2. The summed E-state index contributed by atoms with van der Waals surface area (Å²) in [5, 5.41) is 19.9. The number of aryl methyl sites for hydroxylation is 1. The fourth-order valence-electron chi connectivity index (χ4n) is 3.49. The molecule has 1 N–H and O–H groups in total. The van der Waals surface area contributed by atoms with Crippen molar-refractivity contribution in [2.45, 2.75) is 26.3 Å². The molecule has 32 heavy (non-hydrogen) atoms. The Morgan fingerprint density at radius 1 is 1.19 bits per heavy atom. The summed E-state index contributed by atoms with van der Waals surface area (Å²) >= 11 is 1.16. The highest BCUT2D eigenvalue weighted by atomic mass is 32.1. The second kappa shape index (κ2) is 8.88. The Kier molecular flexibility index (Phi) is 6.00. The van der Waals surface area contributed by atoms with E-state index in [1.807, 2.05) is 6.92 Å². The van der Waals surface area contributed by atoms with E-state index in [1.165, 1.54) is 29.2 Å². The van der Waals surface area contributed by atoms with E-state index in [2.05, 4.69) is 10.2 Å². The SMILES string of the molecule is CCCOc1cccc(C2/C(=C(\O)c3ccc(F)cc3)C(=O)C(=O)N2c2nnc(C)s2)c1. The maximum absolute atomic E-state index is 13.4. The molecule has 0 bridgehead atoms. The number of aromatic nitrogens is 2. The van der Waals surface area contributed by atoms with Gasteiger partial charge in [0.2, 0.25) is 5.13 Å². The van der Waals surface area contributed by atoms with E-state index in [-0.39, 0.29) is 16.3 Å². The Balaban J connectivity index is 1.90. The van der Waals surface area contributed by atoms with Crippen molar-refractivity contribution < 1.29 is 23.8 Å². The molecule has 0 radical (unpaired) electrons. The fraction of sp³-hybridized carbons (Fsp3) is 0.217. The van der Waals surface area contributed by atoms with E-state index in [4.69, 9.17) is 4.74 Å². The van der Waals surface area contributed by atoms with Crippen molar-refractivity contribution in [2.75, 3.05) is 11.5 Å². The highest BCUT2D eigenvalue weighted by molar-refractivity contribution is 7.15. The molecule has 1 aliphatic heterocycles. The fourth-order valence-corrected chi connectivity index (χ4v) is 4.20. The Hall–Kier alpha value is -3.59. The highest BCUT2D eigenvalue weighted by Gasteiger charge is 2.48. The molecular formula is C23H20FN3O4S. The van der Waals surface area contributed by atoms with E-state index in [0.29, 0.717) is 22.9 Å². The van der Waals surface area contributed by atoms with Gasteiger partial charge in [0, 0.05) is 5.56 Å². The standard InChI is InChI=1S/C23H20FN3O4S/c1-3-11-31-17-6-4-5-15(12-17)19-18(20(28)14-7-9-16(24)10-8-14)21(29)22(30)27(19)23-26-25-13(2)32-23/h4-10,12,19,28H,3,11H2,1-2H3/b20-18+. The molecule has 0 aliphatic carbocycles. The van der Waals surface area contributed by atoms with Gasteiger partial charge in [-0.15, -0.1) is 10.2 Å². The first-order valence-electron chi connectivity index (χ1n) is 10.0. The van der Waals surface area contributed by atoms with E-state index in [1.54, 1.807) is 31.2 Å². The summed E-state index contributed by atoms with van der Waals surface area (Å²) in [6.45, 7) is 4.23. The molecule has 1 saturated heterocycles. The van der Waals surface area contributed by atoms with Crippen LogP contribution in [-0.4, -0.2) is 33.6 Å². The van der Waals surface area contributed by atoms with Crippen LogP contribution in [0.4, 0.5) is 9.52 Å². The number of hydrogen-bond donors (Lipinski definition) is 1. The van der Waals surface area contributed by atoms with Crippen LogP contribution in [0.25, 0.3) is 5.76 Å². The van der Waals surface area contributed by atoms with Crippen molar-refractivity contribution in [2.24, 2.45) is 0 Å². The molecule has 1 aliphatic rings. The van der Waals surface area contributed by atoms with E-state index >= 15 is 0 Å². The summed E-state index contributed by atoms with van der Waals surface area (Å²) < 4.78 is 19.1. The lowest BCUT2D eigenvalue weighted by molar-refractivity contribution is -0.132. The van der Waals surface area contributed by atoms with Gasteiger partial charge in [-0.05, 0) is 55.3 Å². The van der Waals surface area contributed by atoms with E-state index in [0.717, 1.165) is 17.8 Å². The van der Waals surface area contributed by atoms with E-state index < -0.39 is 29.3 Å². The van der Waals surface area contributed by atoms with Gasteiger partial charge < -0.3 is 9.84 Å². The number of rotatable bonds is 6. The Labute approximate surface area is 187 Å². The minimum absolute atomic E-state index is 0.109.